The van der Waals surface area contributed by atoms with Crippen molar-refractivity contribution in [2.45, 2.75) is 26.1 Å². The molecule has 0 spiro atoms. The Kier molecular flexibility index (Phi) is 5.80. The Hall–Kier alpha value is -1.99. The molecule has 2 rings (SSSR count). The van der Waals surface area contributed by atoms with Crippen LogP contribution in [-0.4, -0.2) is 16.9 Å². The van der Waals surface area contributed by atoms with Gasteiger partial charge in [0.15, 0.2) is 0 Å². The molecule has 0 saturated carbocycles. The lowest BCUT2D eigenvalue weighted by atomic mass is 10.1. The Labute approximate surface area is 152 Å². The molecule has 2 aromatic rings. The molecule has 4 nitrogen and oxygen atoms in total. The van der Waals surface area contributed by atoms with E-state index in [4.69, 9.17) is 23.2 Å². The van der Waals surface area contributed by atoms with Gasteiger partial charge in [0.25, 0.3) is 5.91 Å². The molecule has 1 aromatic carbocycles. The van der Waals surface area contributed by atoms with Crippen molar-refractivity contribution in [3.05, 3.63) is 51.6 Å². The summed E-state index contributed by atoms with van der Waals surface area (Å²) in [6, 6.07) is 4.93. The third-order valence-corrected chi connectivity index (χ3v) is 3.62. The molecule has 0 radical (unpaired) electrons. The van der Waals surface area contributed by atoms with Crippen LogP contribution in [0.2, 0.25) is 10.0 Å². The van der Waals surface area contributed by atoms with Crippen molar-refractivity contribution in [2.75, 3.05) is 10.6 Å². The molecule has 0 fully saturated rings. The van der Waals surface area contributed by atoms with E-state index >= 15 is 0 Å². The molecule has 0 unspecified atom stereocenters. The van der Waals surface area contributed by atoms with Gasteiger partial charge in [0.1, 0.15) is 5.82 Å². The molecule has 0 saturated heterocycles. The van der Waals surface area contributed by atoms with E-state index in [9.17, 15) is 18.0 Å². The minimum Gasteiger partial charge on any atom is -0.368 e. The number of carbonyl (C=O) groups is 1. The van der Waals surface area contributed by atoms with Crippen LogP contribution < -0.4 is 10.6 Å². The van der Waals surface area contributed by atoms with E-state index in [1.807, 2.05) is 0 Å². The summed E-state index contributed by atoms with van der Waals surface area (Å²) in [5, 5.41) is 5.56. The molecule has 9 heteroatoms. The number of amides is 1. The fourth-order valence-corrected chi connectivity index (χ4v) is 2.48. The van der Waals surface area contributed by atoms with Crippen LogP contribution in [0, 0.1) is 0 Å². The van der Waals surface area contributed by atoms with Crippen molar-refractivity contribution in [3.63, 3.8) is 0 Å². The molecule has 1 amide bonds. The lowest BCUT2D eigenvalue weighted by molar-refractivity contribution is -0.137. The normalized spacial score (nSPS) is 11.5. The summed E-state index contributed by atoms with van der Waals surface area (Å²) < 4.78 is 40.0. The van der Waals surface area contributed by atoms with Crippen LogP contribution in [0.4, 0.5) is 24.7 Å². The summed E-state index contributed by atoms with van der Waals surface area (Å²) in [5.41, 5.74) is -1.55. The number of benzene rings is 1. The van der Waals surface area contributed by atoms with Crippen LogP contribution in [0.3, 0.4) is 0 Å². The van der Waals surface area contributed by atoms with E-state index < -0.39 is 23.2 Å². The van der Waals surface area contributed by atoms with Crippen molar-refractivity contribution >= 4 is 40.6 Å². The van der Waals surface area contributed by atoms with Gasteiger partial charge in [-0.15, -0.1) is 0 Å². The Morgan fingerprint density at radius 1 is 1.20 bits per heavy atom. The van der Waals surface area contributed by atoms with Crippen molar-refractivity contribution < 1.29 is 18.0 Å². The van der Waals surface area contributed by atoms with Crippen molar-refractivity contribution in [1.29, 1.82) is 0 Å². The zero-order valence-electron chi connectivity index (χ0n) is 13.2. The summed E-state index contributed by atoms with van der Waals surface area (Å²) in [5.74, 6) is -0.941. The molecule has 0 aliphatic heterocycles. The maximum atomic E-state index is 13.3. The largest absolute Gasteiger partial charge is 0.417 e. The number of aromatic nitrogens is 1. The number of hydrogen-bond acceptors (Lipinski definition) is 3. The number of pyridine rings is 1. The van der Waals surface area contributed by atoms with Gasteiger partial charge >= 0.3 is 6.18 Å². The van der Waals surface area contributed by atoms with Gasteiger partial charge in [-0.2, -0.15) is 13.2 Å². The highest BCUT2D eigenvalue weighted by Crippen LogP contribution is 2.34. The average Bonchev–Trinajstić information content (AvgIpc) is 2.48. The molecule has 0 aliphatic rings. The highest BCUT2D eigenvalue weighted by atomic mass is 35.5. The molecule has 134 valence electrons. The van der Waals surface area contributed by atoms with Gasteiger partial charge < -0.3 is 10.6 Å². The highest BCUT2D eigenvalue weighted by molar-refractivity contribution is 6.36. The Morgan fingerprint density at radius 2 is 1.88 bits per heavy atom. The molecule has 2 N–H and O–H groups in total. The number of rotatable bonds is 4. The van der Waals surface area contributed by atoms with Gasteiger partial charge in [-0.25, -0.2) is 4.98 Å². The fraction of sp³-hybridized carbons (Fsp3) is 0.250. The van der Waals surface area contributed by atoms with Crippen LogP contribution in [-0.2, 0) is 6.18 Å². The maximum Gasteiger partial charge on any atom is 0.417 e. The molecule has 0 aliphatic carbocycles. The van der Waals surface area contributed by atoms with E-state index in [-0.39, 0.29) is 22.6 Å². The lowest BCUT2D eigenvalue weighted by Gasteiger charge is -2.16. The number of anilines is 2. The number of nitrogens with zero attached hydrogens (tertiary/aromatic N) is 1. The smallest absolute Gasteiger partial charge is 0.368 e. The minimum atomic E-state index is -4.72. The second-order valence-corrected chi connectivity index (χ2v) is 6.33. The number of halogens is 5. The predicted molar refractivity (Wildman–Crippen MR) is 92.4 cm³/mol. The van der Waals surface area contributed by atoms with E-state index in [0.29, 0.717) is 5.02 Å². The van der Waals surface area contributed by atoms with Gasteiger partial charge in [-0.05, 0) is 38.1 Å². The molecule has 1 heterocycles. The van der Waals surface area contributed by atoms with Gasteiger partial charge in [-0.3, -0.25) is 4.79 Å². The third kappa shape index (κ3) is 4.99. The van der Waals surface area contributed by atoms with Crippen LogP contribution in [0.15, 0.2) is 30.5 Å². The summed E-state index contributed by atoms with van der Waals surface area (Å²) >= 11 is 11.7. The summed E-state index contributed by atoms with van der Waals surface area (Å²) in [6.45, 7) is 3.52. The standard InChI is InChI=1S/C16H14Cl2F3N3O/c1-8(2)23-14-6-11(16(19,20)21)10(7-22-14)15(25)24-13-4-3-9(17)5-12(13)18/h3-8H,1-2H3,(H,22,23)(H,24,25). The number of carbonyl (C=O) groups excluding carboxylic acids is 1. The van der Waals surface area contributed by atoms with E-state index in [1.54, 1.807) is 13.8 Å². The Bertz CT molecular complexity index is 795. The number of hydrogen-bond donors (Lipinski definition) is 2. The van der Waals surface area contributed by atoms with Crippen molar-refractivity contribution in [3.8, 4) is 0 Å². The highest BCUT2D eigenvalue weighted by Gasteiger charge is 2.36. The second-order valence-electron chi connectivity index (χ2n) is 5.49. The van der Waals surface area contributed by atoms with Gasteiger partial charge in [0, 0.05) is 17.3 Å². The Balaban J connectivity index is 2.38. The van der Waals surface area contributed by atoms with Gasteiger partial charge in [-0.1, -0.05) is 23.2 Å². The van der Waals surface area contributed by atoms with E-state index in [2.05, 4.69) is 15.6 Å². The first-order valence-electron chi connectivity index (χ1n) is 7.18. The van der Waals surface area contributed by atoms with E-state index in [1.165, 1.54) is 18.2 Å². The molecule has 25 heavy (non-hydrogen) atoms. The first-order valence-corrected chi connectivity index (χ1v) is 7.93. The van der Waals surface area contributed by atoms with Crippen LogP contribution >= 0.6 is 23.2 Å². The molecule has 0 atom stereocenters. The minimum absolute atomic E-state index is 0.0309. The van der Waals surface area contributed by atoms with E-state index in [0.717, 1.165) is 12.3 Å². The second kappa shape index (κ2) is 7.49. The fourth-order valence-electron chi connectivity index (χ4n) is 2.03. The number of alkyl halides is 3. The topological polar surface area (TPSA) is 54.0 Å². The number of nitrogens with one attached hydrogen (secondary N) is 2. The summed E-state index contributed by atoms with van der Waals surface area (Å²) in [4.78, 5) is 16.2. The van der Waals surface area contributed by atoms with Crippen LogP contribution in [0.1, 0.15) is 29.8 Å². The monoisotopic (exact) mass is 391 g/mol. The van der Waals surface area contributed by atoms with Crippen molar-refractivity contribution in [2.24, 2.45) is 0 Å². The Morgan fingerprint density at radius 3 is 2.44 bits per heavy atom. The quantitative estimate of drug-likeness (QED) is 0.725. The SMILES string of the molecule is CC(C)Nc1cc(C(F)(F)F)c(C(=O)Nc2ccc(Cl)cc2Cl)cn1. The van der Waals surface area contributed by atoms with Crippen LogP contribution in [0.25, 0.3) is 0 Å². The average molecular weight is 392 g/mol. The first-order chi connectivity index (χ1) is 11.6. The lowest BCUT2D eigenvalue weighted by Crippen LogP contribution is -2.21. The molecule has 0 bridgehead atoms. The van der Waals surface area contributed by atoms with Crippen molar-refractivity contribution in [1.82, 2.24) is 4.98 Å². The first kappa shape index (κ1) is 19.3. The molecular formula is C16H14Cl2F3N3O. The van der Waals surface area contributed by atoms with Crippen LogP contribution in [0.5, 0.6) is 0 Å². The third-order valence-electron chi connectivity index (χ3n) is 3.07. The zero-order valence-corrected chi connectivity index (χ0v) is 14.7. The van der Waals surface area contributed by atoms with Gasteiger partial charge in [0.2, 0.25) is 0 Å². The molecule has 1 aromatic heterocycles. The predicted octanol–water partition coefficient (Wildman–Crippen LogP) is 5.48. The molecular weight excluding hydrogens is 378 g/mol. The summed E-state index contributed by atoms with van der Waals surface area (Å²) in [7, 11) is 0. The van der Waals surface area contributed by atoms with Gasteiger partial charge in [0.05, 0.1) is 21.8 Å². The zero-order chi connectivity index (χ0) is 18.8. The maximum absolute atomic E-state index is 13.3. The summed E-state index contributed by atoms with van der Waals surface area (Å²) in [6.07, 6.45) is -3.83.